The third-order valence-corrected chi connectivity index (χ3v) is 2.80. The van der Waals surface area contributed by atoms with Crippen LogP contribution in [0.5, 0.6) is 0 Å². The van der Waals surface area contributed by atoms with E-state index in [0.717, 1.165) is 0 Å². The molecular weight excluding hydrogens is 198 g/mol. The van der Waals surface area contributed by atoms with E-state index in [9.17, 15) is 0 Å². The minimum Gasteiger partial charge on any atom is -0.369 e. The molecule has 0 saturated heterocycles. The van der Waals surface area contributed by atoms with E-state index >= 15 is 0 Å². The molecule has 0 heterocycles. The molecule has 0 unspecified atom stereocenters. The lowest BCUT2D eigenvalue weighted by Crippen LogP contribution is -2.33. The van der Waals surface area contributed by atoms with Crippen LogP contribution in [0, 0.1) is 0 Å². The van der Waals surface area contributed by atoms with Crippen LogP contribution in [0.25, 0.3) is 0 Å². The van der Waals surface area contributed by atoms with Crippen molar-refractivity contribution in [3.05, 3.63) is 35.9 Å². The van der Waals surface area contributed by atoms with E-state index in [1.165, 1.54) is 5.56 Å². The van der Waals surface area contributed by atoms with E-state index in [0.29, 0.717) is 6.04 Å². The van der Waals surface area contributed by atoms with E-state index in [2.05, 4.69) is 64.0 Å². The second-order valence-electron chi connectivity index (χ2n) is 4.72. The van der Waals surface area contributed by atoms with Crippen LogP contribution in [0.3, 0.4) is 0 Å². The molecule has 90 valence electrons. The van der Waals surface area contributed by atoms with Gasteiger partial charge in [-0.15, -0.1) is 0 Å². The highest BCUT2D eigenvalue weighted by Crippen LogP contribution is 2.25. The van der Waals surface area contributed by atoms with Gasteiger partial charge in [-0.05, 0) is 40.4 Å². The van der Waals surface area contributed by atoms with Crippen LogP contribution in [0.4, 0.5) is 0 Å². The Morgan fingerprint density at radius 3 is 2.00 bits per heavy atom. The SMILES string of the molecule is CC(C)O[C@H](c1ccccc1)[C@H](C)N(C)C. The van der Waals surface area contributed by atoms with Crippen molar-refractivity contribution < 1.29 is 4.74 Å². The summed E-state index contributed by atoms with van der Waals surface area (Å²) in [6.07, 6.45) is 0.379. The minimum absolute atomic E-state index is 0.135. The normalized spacial score (nSPS) is 15.4. The largest absolute Gasteiger partial charge is 0.369 e. The van der Waals surface area contributed by atoms with E-state index in [1.54, 1.807) is 0 Å². The summed E-state index contributed by atoms with van der Waals surface area (Å²) < 4.78 is 6.02. The van der Waals surface area contributed by atoms with E-state index in [-0.39, 0.29) is 12.2 Å². The van der Waals surface area contributed by atoms with Gasteiger partial charge in [-0.2, -0.15) is 0 Å². The average molecular weight is 221 g/mol. The number of benzene rings is 1. The van der Waals surface area contributed by atoms with Crippen molar-refractivity contribution in [3.8, 4) is 0 Å². The highest BCUT2D eigenvalue weighted by atomic mass is 16.5. The Hall–Kier alpha value is -0.860. The van der Waals surface area contributed by atoms with Gasteiger partial charge in [-0.25, -0.2) is 0 Å². The molecule has 2 atom stereocenters. The van der Waals surface area contributed by atoms with Gasteiger partial charge in [0, 0.05) is 6.04 Å². The maximum Gasteiger partial charge on any atom is 0.0980 e. The van der Waals surface area contributed by atoms with Crippen molar-refractivity contribution in [3.63, 3.8) is 0 Å². The molecule has 0 aliphatic rings. The first-order valence-corrected chi connectivity index (χ1v) is 5.89. The van der Waals surface area contributed by atoms with Gasteiger partial charge in [0.25, 0.3) is 0 Å². The van der Waals surface area contributed by atoms with E-state index in [4.69, 9.17) is 4.74 Å². The third-order valence-electron chi connectivity index (χ3n) is 2.80. The van der Waals surface area contributed by atoms with Crippen molar-refractivity contribution >= 4 is 0 Å². The molecule has 1 rings (SSSR count). The standard InChI is InChI=1S/C14H23NO/c1-11(2)16-14(12(3)15(4)5)13-9-7-6-8-10-13/h6-12,14H,1-5H3/t12-,14-/m0/s1. The zero-order chi connectivity index (χ0) is 12.1. The Balaban J connectivity index is 2.87. The summed E-state index contributed by atoms with van der Waals surface area (Å²) >= 11 is 0. The highest BCUT2D eigenvalue weighted by Gasteiger charge is 2.22. The summed E-state index contributed by atoms with van der Waals surface area (Å²) in [6.45, 7) is 6.36. The molecule has 0 aliphatic heterocycles. The van der Waals surface area contributed by atoms with Crippen LogP contribution in [-0.4, -0.2) is 31.1 Å². The number of ether oxygens (including phenoxy) is 1. The quantitative estimate of drug-likeness (QED) is 0.757. The highest BCUT2D eigenvalue weighted by molar-refractivity contribution is 5.19. The van der Waals surface area contributed by atoms with Gasteiger partial charge in [-0.1, -0.05) is 30.3 Å². The summed E-state index contributed by atoms with van der Waals surface area (Å²) in [5.41, 5.74) is 1.25. The number of hydrogen-bond donors (Lipinski definition) is 0. The Kier molecular flexibility index (Phi) is 4.97. The summed E-state index contributed by atoms with van der Waals surface area (Å²) in [6, 6.07) is 10.8. The van der Waals surface area contributed by atoms with Crippen molar-refractivity contribution in [1.82, 2.24) is 4.90 Å². The maximum absolute atomic E-state index is 6.02. The molecule has 0 bridgehead atoms. The first-order chi connectivity index (χ1) is 7.52. The minimum atomic E-state index is 0.135. The van der Waals surface area contributed by atoms with Crippen LogP contribution in [-0.2, 0) is 4.74 Å². The summed E-state index contributed by atoms with van der Waals surface area (Å²) in [5, 5.41) is 0. The molecule has 1 aromatic rings. The Morgan fingerprint density at radius 2 is 1.56 bits per heavy atom. The molecule has 0 radical (unpaired) electrons. The fraction of sp³-hybridized carbons (Fsp3) is 0.571. The third kappa shape index (κ3) is 3.62. The topological polar surface area (TPSA) is 12.5 Å². The van der Waals surface area contributed by atoms with Gasteiger partial charge in [-0.3, -0.25) is 0 Å². The predicted molar refractivity (Wildman–Crippen MR) is 68.6 cm³/mol. The van der Waals surface area contributed by atoms with E-state index < -0.39 is 0 Å². The van der Waals surface area contributed by atoms with Crippen molar-refractivity contribution in [2.75, 3.05) is 14.1 Å². The molecule has 2 heteroatoms. The number of hydrogen-bond acceptors (Lipinski definition) is 2. The summed E-state index contributed by atoms with van der Waals surface area (Å²) in [7, 11) is 4.18. The van der Waals surface area contributed by atoms with Gasteiger partial charge in [0.05, 0.1) is 12.2 Å². The first kappa shape index (κ1) is 13.2. The van der Waals surface area contributed by atoms with Crippen molar-refractivity contribution in [1.29, 1.82) is 0 Å². The second kappa shape index (κ2) is 6.02. The van der Waals surface area contributed by atoms with Gasteiger partial charge in [0.1, 0.15) is 0 Å². The summed E-state index contributed by atoms with van der Waals surface area (Å²) in [5.74, 6) is 0. The molecule has 1 aromatic carbocycles. The summed E-state index contributed by atoms with van der Waals surface area (Å²) in [4.78, 5) is 2.19. The fourth-order valence-corrected chi connectivity index (χ4v) is 1.68. The van der Waals surface area contributed by atoms with Crippen LogP contribution in [0.1, 0.15) is 32.4 Å². The lowest BCUT2D eigenvalue weighted by Gasteiger charge is -2.31. The fourth-order valence-electron chi connectivity index (χ4n) is 1.68. The van der Waals surface area contributed by atoms with Crippen molar-refractivity contribution in [2.45, 2.75) is 39.0 Å². The number of nitrogens with zero attached hydrogens (tertiary/aromatic N) is 1. The van der Waals surface area contributed by atoms with Gasteiger partial charge >= 0.3 is 0 Å². The molecular formula is C14H23NO. The second-order valence-corrected chi connectivity index (χ2v) is 4.72. The van der Waals surface area contributed by atoms with Crippen molar-refractivity contribution in [2.24, 2.45) is 0 Å². The number of rotatable bonds is 5. The molecule has 0 fully saturated rings. The molecule has 16 heavy (non-hydrogen) atoms. The van der Waals surface area contributed by atoms with Crippen LogP contribution in [0.2, 0.25) is 0 Å². The molecule has 0 aliphatic carbocycles. The van der Waals surface area contributed by atoms with Crippen LogP contribution >= 0.6 is 0 Å². The molecule has 0 spiro atoms. The molecule has 0 aromatic heterocycles. The predicted octanol–water partition coefficient (Wildman–Crippen LogP) is 3.10. The number of likely N-dealkylation sites (N-methyl/N-ethyl adjacent to an activating group) is 1. The zero-order valence-corrected chi connectivity index (χ0v) is 11.0. The van der Waals surface area contributed by atoms with Gasteiger partial charge < -0.3 is 9.64 Å². The molecule has 0 N–H and O–H groups in total. The lowest BCUT2D eigenvalue weighted by molar-refractivity contribution is -0.0329. The maximum atomic E-state index is 6.02. The smallest absolute Gasteiger partial charge is 0.0980 e. The molecule has 0 amide bonds. The monoisotopic (exact) mass is 221 g/mol. The zero-order valence-electron chi connectivity index (χ0n) is 11.0. The lowest BCUT2D eigenvalue weighted by atomic mass is 10.0. The molecule has 2 nitrogen and oxygen atoms in total. The Morgan fingerprint density at radius 1 is 1.00 bits per heavy atom. The Labute approximate surface area is 99.2 Å². The molecule has 0 saturated carbocycles. The van der Waals surface area contributed by atoms with E-state index in [1.807, 2.05) is 6.07 Å². The van der Waals surface area contributed by atoms with Crippen LogP contribution < -0.4 is 0 Å². The average Bonchev–Trinajstić information content (AvgIpc) is 2.26. The van der Waals surface area contributed by atoms with Gasteiger partial charge in [0.2, 0.25) is 0 Å². The van der Waals surface area contributed by atoms with Crippen LogP contribution in [0.15, 0.2) is 30.3 Å². The first-order valence-electron chi connectivity index (χ1n) is 5.89. The van der Waals surface area contributed by atoms with Gasteiger partial charge in [0.15, 0.2) is 0 Å². The Bertz CT molecular complexity index is 295.